The van der Waals surface area contributed by atoms with Gasteiger partial charge in [-0.3, -0.25) is 9.78 Å². The molecule has 2 rings (SSSR count). The highest BCUT2D eigenvalue weighted by Gasteiger charge is 2.18. The Kier molecular flexibility index (Phi) is 5.54. The summed E-state index contributed by atoms with van der Waals surface area (Å²) in [6.07, 6.45) is 3.03. The van der Waals surface area contributed by atoms with E-state index >= 15 is 0 Å². The first-order valence-electron chi connectivity index (χ1n) is 6.82. The molecule has 23 heavy (non-hydrogen) atoms. The van der Waals surface area contributed by atoms with E-state index < -0.39 is 5.97 Å². The third-order valence-electron chi connectivity index (χ3n) is 2.98. The summed E-state index contributed by atoms with van der Waals surface area (Å²) in [4.78, 5) is 27.9. The Labute approximate surface area is 138 Å². The fourth-order valence-corrected chi connectivity index (χ4v) is 2.10. The summed E-state index contributed by atoms with van der Waals surface area (Å²) < 4.78 is 10.1. The van der Waals surface area contributed by atoms with Crippen LogP contribution >= 0.6 is 11.6 Å². The van der Waals surface area contributed by atoms with Crippen LogP contribution in [-0.4, -0.2) is 30.6 Å². The van der Waals surface area contributed by atoms with E-state index in [9.17, 15) is 9.59 Å². The number of pyridine rings is 1. The molecule has 1 N–H and O–H groups in total. The zero-order valence-electron chi connectivity index (χ0n) is 12.6. The molecule has 2 aromatic rings. The van der Waals surface area contributed by atoms with E-state index in [0.717, 1.165) is 0 Å². The quantitative estimate of drug-likeness (QED) is 0.850. The van der Waals surface area contributed by atoms with Crippen LogP contribution in [0, 0.1) is 0 Å². The number of rotatable bonds is 5. The maximum absolute atomic E-state index is 12.2. The molecule has 1 heterocycles. The molecule has 0 aliphatic rings. The molecule has 1 aromatic heterocycles. The highest BCUT2D eigenvalue weighted by Crippen LogP contribution is 2.31. The SMILES string of the molecule is CCOC(=O)c1cc(Cl)c(NC(=O)c2ccncc2)cc1OC. The maximum Gasteiger partial charge on any atom is 0.341 e. The highest BCUT2D eigenvalue weighted by atomic mass is 35.5. The van der Waals surface area contributed by atoms with Gasteiger partial charge in [0.25, 0.3) is 5.91 Å². The molecule has 120 valence electrons. The van der Waals surface area contributed by atoms with Crippen molar-refractivity contribution in [3.63, 3.8) is 0 Å². The first-order valence-corrected chi connectivity index (χ1v) is 7.20. The molecule has 6 nitrogen and oxygen atoms in total. The van der Waals surface area contributed by atoms with Crippen LogP contribution < -0.4 is 10.1 Å². The van der Waals surface area contributed by atoms with Crippen molar-refractivity contribution >= 4 is 29.2 Å². The van der Waals surface area contributed by atoms with Gasteiger partial charge in [-0.1, -0.05) is 11.6 Å². The van der Waals surface area contributed by atoms with Crippen molar-refractivity contribution in [3.05, 3.63) is 52.8 Å². The minimum absolute atomic E-state index is 0.196. The van der Waals surface area contributed by atoms with Crippen LogP contribution in [0.5, 0.6) is 5.75 Å². The smallest absolute Gasteiger partial charge is 0.341 e. The van der Waals surface area contributed by atoms with Crippen molar-refractivity contribution in [2.75, 3.05) is 19.0 Å². The van der Waals surface area contributed by atoms with Crippen molar-refractivity contribution in [1.29, 1.82) is 0 Å². The number of nitrogens with zero attached hydrogens (tertiary/aromatic N) is 1. The largest absolute Gasteiger partial charge is 0.496 e. The number of methoxy groups -OCH3 is 1. The van der Waals surface area contributed by atoms with Crippen LogP contribution in [0.2, 0.25) is 5.02 Å². The Morgan fingerprint density at radius 2 is 1.96 bits per heavy atom. The molecule has 0 aliphatic carbocycles. The average molecular weight is 335 g/mol. The van der Waals surface area contributed by atoms with Crippen LogP contribution in [0.4, 0.5) is 5.69 Å². The van der Waals surface area contributed by atoms with E-state index in [0.29, 0.717) is 11.3 Å². The lowest BCUT2D eigenvalue weighted by Gasteiger charge is -2.13. The predicted molar refractivity (Wildman–Crippen MR) is 86.2 cm³/mol. The lowest BCUT2D eigenvalue weighted by Crippen LogP contribution is -2.13. The molecule has 0 spiro atoms. The van der Waals surface area contributed by atoms with Gasteiger partial charge in [0, 0.05) is 24.0 Å². The van der Waals surface area contributed by atoms with Crippen LogP contribution in [0.25, 0.3) is 0 Å². The number of anilines is 1. The summed E-state index contributed by atoms with van der Waals surface area (Å²) in [7, 11) is 1.42. The molecule has 7 heteroatoms. The second kappa shape index (κ2) is 7.60. The Bertz CT molecular complexity index is 720. The van der Waals surface area contributed by atoms with Gasteiger partial charge in [0.05, 0.1) is 24.4 Å². The van der Waals surface area contributed by atoms with Gasteiger partial charge in [-0.2, -0.15) is 0 Å². The number of benzene rings is 1. The number of carbonyl (C=O) groups excluding carboxylic acids is 2. The number of nitrogens with one attached hydrogen (secondary N) is 1. The second-order valence-electron chi connectivity index (χ2n) is 4.44. The Balaban J connectivity index is 2.30. The van der Waals surface area contributed by atoms with Gasteiger partial charge in [0.15, 0.2) is 0 Å². The van der Waals surface area contributed by atoms with Crippen molar-refractivity contribution in [2.45, 2.75) is 6.92 Å². The number of amides is 1. The Morgan fingerprint density at radius 3 is 2.57 bits per heavy atom. The van der Waals surface area contributed by atoms with Gasteiger partial charge < -0.3 is 14.8 Å². The van der Waals surface area contributed by atoms with E-state index in [1.54, 1.807) is 19.1 Å². The van der Waals surface area contributed by atoms with E-state index in [1.807, 2.05) is 0 Å². The molecule has 0 bridgehead atoms. The molecule has 0 saturated carbocycles. The van der Waals surface area contributed by atoms with E-state index in [-0.39, 0.29) is 28.8 Å². The maximum atomic E-state index is 12.2. The van der Waals surface area contributed by atoms with Crippen LogP contribution in [0.15, 0.2) is 36.7 Å². The van der Waals surface area contributed by atoms with Gasteiger partial charge in [-0.25, -0.2) is 4.79 Å². The lowest BCUT2D eigenvalue weighted by atomic mass is 10.1. The van der Waals surface area contributed by atoms with Gasteiger partial charge in [0.2, 0.25) is 0 Å². The lowest BCUT2D eigenvalue weighted by molar-refractivity contribution is 0.0522. The molecule has 0 saturated heterocycles. The molecular formula is C16H15ClN2O4. The molecule has 0 atom stereocenters. The van der Waals surface area contributed by atoms with Gasteiger partial charge in [-0.05, 0) is 25.1 Å². The molecule has 0 unspecified atom stereocenters. The van der Waals surface area contributed by atoms with Crippen LogP contribution in [-0.2, 0) is 4.74 Å². The third kappa shape index (κ3) is 3.98. The molecule has 1 amide bonds. The average Bonchev–Trinajstić information content (AvgIpc) is 2.57. The second-order valence-corrected chi connectivity index (χ2v) is 4.85. The molecule has 0 fully saturated rings. The summed E-state index contributed by atoms with van der Waals surface area (Å²) in [5.74, 6) is -0.628. The Hall–Kier alpha value is -2.60. The van der Waals surface area contributed by atoms with Gasteiger partial charge in [-0.15, -0.1) is 0 Å². The predicted octanol–water partition coefficient (Wildman–Crippen LogP) is 3.17. The summed E-state index contributed by atoms with van der Waals surface area (Å²) in [6.45, 7) is 1.94. The number of ether oxygens (including phenoxy) is 2. The fraction of sp³-hybridized carbons (Fsp3) is 0.188. The molecule has 1 aromatic carbocycles. The molecule has 0 aliphatic heterocycles. The number of halogens is 1. The van der Waals surface area contributed by atoms with Crippen molar-refractivity contribution in [1.82, 2.24) is 4.98 Å². The fourth-order valence-electron chi connectivity index (χ4n) is 1.88. The van der Waals surface area contributed by atoms with Gasteiger partial charge >= 0.3 is 5.97 Å². The minimum Gasteiger partial charge on any atom is -0.496 e. The number of hydrogen-bond donors (Lipinski definition) is 1. The first-order chi connectivity index (χ1) is 11.1. The Morgan fingerprint density at radius 1 is 1.26 bits per heavy atom. The minimum atomic E-state index is -0.543. The summed E-state index contributed by atoms with van der Waals surface area (Å²) in [6, 6.07) is 6.04. The zero-order valence-corrected chi connectivity index (χ0v) is 13.4. The van der Waals surface area contributed by atoms with Gasteiger partial charge in [0.1, 0.15) is 11.3 Å². The van der Waals surface area contributed by atoms with Crippen molar-refractivity contribution in [3.8, 4) is 5.75 Å². The summed E-state index contributed by atoms with van der Waals surface area (Å²) in [5, 5.41) is 2.87. The number of hydrogen-bond acceptors (Lipinski definition) is 5. The number of esters is 1. The van der Waals surface area contributed by atoms with Crippen molar-refractivity contribution < 1.29 is 19.1 Å². The zero-order chi connectivity index (χ0) is 16.8. The third-order valence-corrected chi connectivity index (χ3v) is 3.29. The van der Waals surface area contributed by atoms with Crippen molar-refractivity contribution in [2.24, 2.45) is 0 Å². The van der Waals surface area contributed by atoms with Crippen LogP contribution in [0.1, 0.15) is 27.6 Å². The summed E-state index contributed by atoms with van der Waals surface area (Å²) in [5.41, 5.74) is 0.962. The standard InChI is InChI=1S/C16H15ClN2O4/c1-3-23-16(21)11-8-12(17)13(9-14(11)22-2)19-15(20)10-4-6-18-7-5-10/h4-9H,3H2,1-2H3,(H,19,20). The topological polar surface area (TPSA) is 77.5 Å². The number of carbonyl (C=O) groups is 2. The molecule has 0 radical (unpaired) electrons. The summed E-state index contributed by atoms with van der Waals surface area (Å²) >= 11 is 6.14. The van der Waals surface area contributed by atoms with E-state index in [1.165, 1.54) is 31.6 Å². The first kappa shape index (κ1) is 16.8. The normalized spacial score (nSPS) is 10.0. The highest BCUT2D eigenvalue weighted by molar-refractivity contribution is 6.34. The number of aromatic nitrogens is 1. The van der Waals surface area contributed by atoms with E-state index in [2.05, 4.69) is 10.3 Å². The monoisotopic (exact) mass is 334 g/mol. The van der Waals surface area contributed by atoms with E-state index in [4.69, 9.17) is 21.1 Å². The van der Waals surface area contributed by atoms with Crippen LogP contribution in [0.3, 0.4) is 0 Å². The molecular weight excluding hydrogens is 320 g/mol.